The Morgan fingerprint density at radius 1 is 0.875 bits per heavy atom. The van der Waals surface area contributed by atoms with E-state index in [2.05, 4.69) is 4.90 Å². The molecule has 8 heteroatoms. The Morgan fingerprint density at radius 2 is 1.56 bits per heavy atom. The molecule has 2 aliphatic heterocycles. The van der Waals surface area contributed by atoms with Crippen LogP contribution in [-0.2, 0) is 20.9 Å². The quantitative estimate of drug-likeness (QED) is 0.649. The maximum atomic E-state index is 12.8. The number of benzene rings is 2. The Morgan fingerprint density at radius 3 is 2.28 bits per heavy atom. The van der Waals surface area contributed by atoms with Gasteiger partial charge in [0, 0.05) is 56.5 Å². The van der Waals surface area contributed by atoms with Gasteiger partial charge in [0.15, 0.2) is 0 Å². The van der Waals surface area contributed by atoms with Crippen molar-refractivity contribution in [3.8, 4) is 0 Å². The number of anilines is 1. The highest BCUT2D eigenvalue weighted by Crippen LogP contribution is 2.21. The predicted octanol–water partition coefficient (Wildman–Crippen LogP) is 2.17. The van der Waals surface area contributed by atoms with Gasteiger partial charge in [0.05, 0.1) is 0 Å². The summed E-state index contributed by atoms with van der Waals surface area (Å²) >= 11 is 6.08. The number of amides is 3. The summed E-state index contributed by atoms with van der Waals surface area (Å²) < 4.78 is 0. The first-order valence-electron chi connectivity index (χ1n) is 10.8. The van der Waals surface area contributed by atoms with E-state index in [9.17, 15) is 14.4 Å². The summed E-state index contributed by atoms with van der Waals surface area (Å²) in [4.78, 5) is 44.9. The largest absolute Gasteiger partial charge is 0.368 e. The highest BCUT2D eigenvalue weighted by atomic mass is 35.5. The summed E-state index contributed by atoms with van der Waals surface area (Å²) in [6, 6.07) is 15.6. The van der Waals surface area contributed by atoms with Crippen LogP contribution in [0.25, 0.3) is 0 Å². The SMILES string of the molecule is Cc1cccc(CN2CCN(CC(=O)N3CCN(c4cccc(Cl)c4)CC3)C(=O)C2=O)c1. The van der Waals surface area contributed by atoms with Crippen molar-refractivity contribution in [2.75, 3.05) is 50.7 Å². The molecule has 168 valence electrons. The zero-order valence-corrected chi connectivity index (χ0v) is 18.9. The molecule has 0 spiro atoms. The number of aryl methyl sites for hydroxylation is 1. The first-order chi connectivity index (χ1) is 15.4. The van der Waals surface area contributed by atoms with Crippen LogP contribution < -0.4 is 4.90 Å². The van der Waals surface area contributed by atoms with Crippen LogP contribution in [0.1, 0.15) is 11.1 Å². The van der Waals surface area contributed by atoms with E-state index in [0.29, 0.717) is 50.8 Å². The predicted molar refractivity (Wildman–Crippen MR) is 123 cm³/mol. The second-order valence-electron chi connectivity index (χ2n) is 8.29. The first kappa shape index (κ1) is 22.1. The molecule has 0 N–H and O–H groups in total. The van der Waals surface area contributed by atoms with Gasteiger partial charge < -0.3 is 19.6 Å². The van der Waals surface area contributed by atoms with Gasteiger partial charge in [-0.15, -0.1) is 0 Å². The van der Waals surface area contributed by atoms with Crippen molar-refractivity contribution < 1.29 is 14.4 Å². The Bertz CT molecular complexity index is 1020. The fourth-order valence-corrected chi connectivity index (χ4v) is 4.38. The van der Waals surface area contributed by atoms with E-state index in [4.69, 9.17) is 11.6 Å². The van der Waals surface area contributed by atoms with Gasteiger partial charge in [-0.2, -0.15) is 0 Å². The minimum absolute atomic E-state index is 0.0555. The second kappa shape index (κ2) is 9.61. The molecule has 7 nitrogen and oxygen atoms in total. The molecule has 0 aromatic heterocycles. The van der Waals surface area contributed by atoms with Crippen molar-refractivity contribution in [3.05, 3.63) is 64.7 Å². The number of carbonyl (C=O) groups excluding carboxylic acids is 3. The van der Waals surface area contributed by atoms with Gasteiger partial charge in [-0.3, -0.25) is 14.4 Å². The van der Waals surface area contributed by atoms with Crippen LogP contribution in [0, 0.1) is 6.92 Å². The van der Waals surface area contributed by atoms with Crippen LogP contribution in [0.2, 0.25) is 5.02 Å². The van der Waals surface area contributed by atoms with Crippen LogP contribution in [0.3, 0.4) is 0 Å². The van der Waals surface area contributed by atoms with Crippen molar-refractivity contribution in [3.63, 3.8) is 0 Å². The van der Waals surface area contributed by atoms with E-state index in [-0.39, 0.29) is 12.5 Å². The van der Waals surface area contributed by atoms with Gasteiger partial charge in [-0.05, 0) is 30.7 Å². The number of rotatable bonds is 5. The minimum Gasteiger partial charge on any atom is -0.368 e. The summed E-state index contributed by atoms with van der Waals surface area (Å²) in [5.74, 6) is -1.27. The number of hydrogen-bond donors (Lipinski definition) is 0. The molecule has 0 bridgehead atoms. The van der Waals surface area contributed by atoms with Crippen LogP contribution >= 0.6 is 11.6 Å². The lowest BCUT2D eigenvalue weighted by Gasteiger charge is -2.38. The monoisotopic (exact) mass is 454 g/mol. The van der Waals surface area contributed by atoms with Crippen molar-refractivity contribution in [2.45, 2.75) is 13.5 Å². The molecule has 4 rings (SSSR count). The highest BCUT2D eigenvalue weighted by molar-refractivity contribution is 6.35. The Labute approximate surface area is 193 Å². The van der Waals surface area contributed by atoms with Crippen molar-refractivity contribution in [1.29, 1.82) is 0 Å². The van der Waals surface area contributed by atoms with Gasteiger partial charge in [-0.1, -0.05) is 47.5 Å². The zero-order valence-electron chi connectivity index (χ0n) is 18.2. The lowest BCUT2D eigenvalue weighted by Crippen LogP contribution is -2.57. The van der Waals surface area contributed by atoms with Crippen LogP contribution in [0.4, 0.5) is 5.69 Å². The number of nitrogens with zero attached hydrogens (tertiary/aromatic N) is 4. The molecule has 2 aromatic carbocycles. The number of hydrogen-bond acceptors (Lipinski definition) is 4. The van der Waals surface area contributed by atoms with Gasteiger partial charge in [0.1, 0.15) is 6.54 Å². The molecule has 0 radical (unpaired) electrons. The molecule has 0 atom stereocenters. The summed E-state index contributed by atoms with van der Waals surface area (Å²) in [6.07, 6.45) is 0. The standard InChI is InChI=1S/C24H27ClN4O3/c1-18-4-2-5-19(14-18)16-28-12-13-29(24(32)23(28)31)17-22(30)27-10-8-26(9-11-27)21-7-3-6-20(25)15-21/h2-7,14-15H,8-13,16-17H2,1H3. The fourth-order valence-electron chi connectivity index (χ4n) is 4.20. The van der Waals surface area contributed by atoms with Crippen molar-refractivity contribution >= 4 is 35.0 Å². The molecule has 2 saturated heterocycles. The van der Waals surface area contributed by atoms with E-state index in [1.807, 2.05) is 55.5 Å². The molecule has 3 amide bonds. The van der Waals surface area contributed by atoms with E-state index in [1.54, 1.807) is 9.80 Å². The molecule has 2 aliphatic rings. The Balaban J connectivity index is 1.29. The van der Waals surface area contributed by atoms with Gasteiger partial charge in [0.2, 0.25) is 5.91 Å². The fraction of sp³-hybridized carbons (Fsp3) is 0.375. The van der Waals surface area contributed by atoms with E-state index in [0.717, 1.165) is 16.8 Å². The molecular formula is C24H27ClN4O3. The van der Waals surface area contributed by atoms with Crippen LogP contribution in [0.15, 0.2) is 48.5 Å². The van der Waals surface area contributed by atoms with E-state index >= 15 is 0 Å². The molecule has 0 aliphatic carbocycles. The lowest BCUT2D eigenvalue weighted by molar-refractivity contribution is -0.158. The Kier molecular flexibility index (Phi) is 6.65. The topological polar surface area (TPSA) is 64.2 Å². The van der Waals surface area contributed by atoms with Crippen molar-refractivity contribution in [2.24, 2.45) is 0 Å². The maximum absolute atomic E-state index is 12.8. The van der Waals surface area contributed by atoms with Gasteiger partial charge in [0.25, 0.3) is 0 Å². The van der Waals surface area contributed by atoms with E-state index < -0.39 is 11.8 Å². The minimum atomic E-state index is -0.602. The average molecular weight is 455 g/mol. The molecule has 2 aromatic rings. The third-order valence-electron chi connectivity index (χ3n) is 5.98. The molecule has 2 heterocycles. The smallest absolute Gasteiger partial charge is 0.312 e. The summed E-state index contributed by atoms with van der Waals surface area (Å²) in [6.45, 7) is 5.67. The van der Waals surface area contributed by atoms with Crippen LogP contribution in [-0.4, -0.2) is 78.2 Å². The highest BCUT2D eigenvalue weighted by Gasteiger charge is 2.34. The second-order valence-corrected chi connectivity index (χ2v) is 8.73. The number of carbonyl (C=O) groups is 3. The maximum Gasteiger partial charge on any atom is 0.312 e. The molecular weight excluding hydrogens is 428 g/mol. The summed E-state index contributed by atoms with van der Waals surface area (Å²) in [5, 5.41) is 0.686. The summed E-state index contributed by atoms with van der Waals surface area (Å²) in [5.41, 5.74) is 3.14. The summed E-state index contributed by atoms with van der Waals surface area (Å²) in [7, 11) is 0. The average Bonchev–Trinajstić information content (AvgIpc) is 2.79. The third-order valence-corrected chi connectivity index (χ3v) is 6.22. The molecule has 32 heavy (non-hydrogen) atoms. The third kappa shape index (κ3) is 5.05. The normalized spacial score (nSPS) is 17.2. The Hall–Kier alpha value is -3.06. The van der Waals surface area contributed by atoms with Crippen LogP contribution in [0.5, 0.6) is 0 Å². The molecule has 2 fully saturated rings. The number of halogens is 1. The van der Waals surface area contributed by atoms with Crippen molar-refractivity contribution in [1.82, 2.24) is 14.7 Å². The van der Waals surface area contributed by atoms with E-state index in [1.165, 1.54) is 4.90 Å². The lowest BCUT2D eigenvalue weighted by atomic mass is 10.1. The van der Waals surface area contributed by atoms with Gasteiger partial charge in [-0.25, -0.2) is 0 Å². The van der Waals surface area contributed by atoms with Gasteiger partial charge >= 0.3 is 11.8 Å². The molecule has 0 saturated carbocycles. The number of piperazine rings is 2. The zero-order chi connectivity index (χ0) is 22.7. The molecule has 0 unspecified atom stereocenters. The first-order valence-corrected chi connectivity index (χ1v) is 11.2.